The minimum atomic E-state index is -0.233. The molecule has 0 aromatic rings. The Morgan fingerprint density at radius 2 is 2.09 bits per heavy atom. The maximum absolute atomic E-state index is 12.4. The minimum Gasteiger partial charge on any atom is -0.393 e. The van der Waals surface area contributed by atoms with Crippen LogP contribution in [-0.2, 0) is 9.53 Å². The Hall–Kier alpha value is -0.670. The zero-order valence-electron chi connectivity index (χ0n) is 13.5. The maximum atomic E-state index is 12.4. The Kier molecular flexibility index (Phi) is 2.53. The third-order valence-electron chi connectivity index (χ3n) is 8.18. The largest absolute Gasteiger partial charge is 0.393 e. The van der Waals surface area contributed by atoms with E-state index in [4.69, 9.17) is 4.74 Å². The number of aliphatic hydroxyl groups excluding tert-OH is 1. The monoisotopic (exact) mass is 302 g/mol. The first-order valence-corrected chi connectivity index (χ1v) is 9.02. The van der Waals surface area contributed by atoms with Gasteiger partial charge < -0.3 is 9.84 Å². The number of ether oxygens (including phenoxy) is 1. The predicted octanol–water partition coefficient (Wildman–Crippen LogP) is 2.87. The van der Waals surface area contributed by atoms with Crippen molar-refractivity contribution >= 4 is 5.78 Å². The van der Waals surface area contributed by atoms with Gasteiger partial charge in [-0.3, -0.25) is 4.79 Å². The average Bonchev–Trinajstić information content (AvgIpc) is 2.75. The van der Waals surface area contributed by atoms with E-state index in [0.29, 0.717) is 23.5 Å². The summed E-state index contributed by atoms with van der Waals surface area (Å²) >= 11 is 0. The molecule has 22 heavy (non-hydrogen) atoms. The summed E-state index contributed by atoms with van der Waals surface area (Å²) in [6, 6.07) is 0. The van der Waals surface area contributed by atoms with E-state index in [1.54, 1.807) is 0 Å². The third kappa shape index (κ3) is 1.39. The molecular weight excluding hydrogens is 276 g/mol. The molecule has 0 amide bonds. The molecule has 6 rings (SSSR count). The average molecular weight is 302 g/mol. The van der Waals surface area contributed by atoms with Crippen LogP contribution in [0, 0.1) is 28.6 Å². The molecule has 0 aromatic heterocycles. The summed E-state index contributed by atoms with van der Waals surface area (Å²) in [5.74, 6) is 2.16. The number of hydrogen-bond acceptors (Lipinski definition) is 3. The molecule has 4 aliphatic carbocycles. The molecule has 3 saturated carbocycles. The van der Waals surface area contributed by atoms with Crippen molar-refractivity contribution in [1.29, 1.82) is 0 Å². The maximum Gasteiger partial charge on any atom is 0.139 e. The van der Waals surface area contributed by atoms with E-state index < -0.39 is 0 Å². The van der Waals surface area contributed by atoms with E-state index in [0.717, 1.165) is 38.5 Å². The van der Waals surface area contributed by atoms with Crippen molar-refractivity contribution in [2.24, 2.45) is 28.6 Å². The fourth-order valence-electron chi connectivity index (χ4n) is 6.93. The highest BCUT2D eigenvalue weighted by atomic mass is 16.5. The Morgan fingerprint density at radius 1 is 1.27 bits per heavy atom. The second kappa shape index (κ2) is 4.05. The molecule has 0 spiro atoms. The first-order chi connectivity index (χ1) is 10.4. The first-order valence-electron chi connectivity index (χ1n) is 9.02. The summed E-state index contributed by atoms with van der Waals surface area (Å²) < 4.78 is 6.44. The van der Waals surface area contributed by atoms with Gasteiger partial charge in [-0.2, -0.15) is 0 Å². The molecule has 8 atom stereocenters. The van der Waals surface area contributed by atoms with Gasteiger partial charge in [-0.15, -0.1) is 0 Å². The number of aliphatic hydroxyl groups is 1. The smallest absolute Gasteiger partial charge is 0.139 e. The van der Waals surface area contributed by atoms with Crippen molar-refractivity contribution in [3.63, 3.8) is 0 Å². The molecular formula is C19H26O3. The number of fused-ring (bicyclic) bond motifs is 1. The van der Waals surface area contributed by atoms with Crippen LogP contribution in [0.1, 0.15) is 52.4 Å². The van der Waals surface area contributed by atoms with E-state index in [9.17, 15) is 9.90 Å². The van der Waals surface area contributed by atoms with E-state index in [1.807, 2.05) is 0 Å². The minimum absolute atomic E-state index is 0.0918. The van der Waals surface area contributed by atoms with Gasteiger partial charge in [-0.1, -0.05) is 25.5 Å². The van der Waals surface area contributed by atoms with E-state index in [1.165, 1.54) is 5.57 Å². The van der Waals surface area contributed by atoms with Gasteiger partial charge in [-0.25, -0.2) is 0 Å². The van der Waals surface area contributed by atoms with Gasteiger partial charge in [-0.05, 0) is 43.4 Å². The molecule has 3 heteroatoms. The highest BCUT2D eigenvalue weighted by Crippen LogP contribution is 2.67. The van der Waals surface area contributed by atoms with E-state index in [2.05, 4.69) is 19.9 Å². The van der Waals surface area contributed by atoms with Crippen molar-refractivity contribution in [2.75, 3.05) is 0 Å². The van der Waals surface area contributed by atoms with Crippen LogP contribution in [0.2, 0.25) is 0 Å². The van der Waals surface area contributed by atoms with Crippen molar-refractivity contribution in [1.82, 2.24) is 0 Å². The fourth-order valence-corrected chi connectivity index (χ4v) is 6.93. The molecule has 6 aliphatic rings. The van der Waals surface area contributed by atoms with Gasteiger partial charge in [0.25, 0.3) is 0 Å². The number of rotatable bonds is 0. The molecule has 0 aromatic carbocycles. The lowest BCUT2D eigenvalue weighted by Gasteiger charge is -2.65. The summed E-state index contributed by atoms with van der Waals surface area (Å²) in [5, 5.41) is 10.1. The molecule has 3 nitrogen and oxygen atoms in total. The van der Waals surface area contributed by atoms with Gasteiger partial charge in [0.1, 0.15) is 5.78 Å². The van der Waals surface area contributed by atoms with Crippen molar-refractivity contribution in [2.45, 2.75) is 70.7 Å². The number of carbonyl (C=O) groups is 1. The molecule has 1 N–H and O–H groups in total. The summed E-state index contributed by atoms with van der Waals surface area (Å²) in [5.41, 5.74) is 1.46. The Labute approximate surface area is 132 Å². The molecule has 2 unspecified atom stereocenters. The van der Waals surface area contributed by atoms with Crippen molar-refractivity contribution < 1.29 is 14.6 Å². The van der Waals surface area contributed by atoms with Crippen LogP contribution < -0.4 is 0 Å². The quantitative estimate of drug-likeness (QED) is 0.700. The van der Waals surface area contributed by atoms with Crippen LogP contribution in [0.3, 0.4) is 0 Å². The summed E-state index contributed by atoms with van der Waals surface area (Å²) in [6.07, 6.45) is 8.13. The Bertz CT molecular complexity index is 581. The van der Waals surface area contributed by atoms with Crippen molar-refractivity contribution in [3.8, 4) is 0 Å². The van der Waals surface area contributed by atoms with Crippen LogP contribution in [0.5, 0.6) is 0 Å². The highest BCUT2D eigenvalue weighted by molar-refractivity contribution is 5.87. The van der Waals surface area contributed by atoms with Crippen molar-refractivity contribution in [3.05, 3.63) is 11.6 Å². The number of carbonyl (C=O) groups excluding carboxylic acids is 1. The standard InChI is InChI=1S/C19H26O3/c1-18-6-5-13-17(12(18)3-4-15(18)21)14-8-10-7-11(20)9-16(22-14)19(10,13)2/h8,11-14,16-17,20H,3-7,9H2,1-2H3/t11-,12+,13+,14?,16?,17+,18+,19+/m1/s1. The zero-order chi connectivity index (χ0) is 15.3. The lowest BCUT2D eigenvalue weighted by Crippen LogP contribution is -2.65. The van der Waals surface area contributed by atoms with Gasteiger partial charge in [0.2, 0.25) is 0 Å². The summed E-state index contributed by atoms with van der Waals surface area (Å²) in [4.78, 5) is 12.4. The van der Waals surface area contributed by atoms with E-state index >= 15 is 0 Å². The predicted molar refractivity (Wildman–Crippen MR) is 82.1 cm³/mol. The van der Waals surface area contributed by atoms with Crippen LogP contribution >= 0.6 is 0 Å². The Morgan fingerprint density at radius 3 is 2.86 bits per heavy atom. The fraction of sp³-hybridized carbons (Fsp3) is 0.842. The van der Waals surface area contributed by atoms with Crippen LogP contribution in [0.15, 0.2) is 11.6 Å². The molecule has 0 radical (unpaired) electrons. The SMILES string of the molecule is C[C@]12CC[C@H]3[C@@H](C4C=C5C[C@@H](O)CC(O4)[C@@]53C)[C@@H]1CCC2=O. The van der Waals surface area contributed by atoms with Crippen LogP contribution in [0.25, 0.3) is 0 Å². The Balaban J connectivity index is 1.60. The lowest BCUT2D eigenvalue weighted by molar-refractivity contribution is -0.225. The molecule has 4 bridgehead atoms. The second-order valence-corrected chi connectivity index (χ2v) is 8.87. The van der Waals surface area contributed by atoms with Gasteiger partial charge in [0.15, 0.2) is 0 Å². The van der Waals surface area contributed by atoms with Gasteiger partial charge in [0.05, 0.1) is 18.3 Å². The topological polar surface area (TPSA) is 46.5 Å². The third-order valence-corrected chi connectivity index (χ3v) is 8.18. The molecule has 120 valence electrons. The molecule has 1 saturated heterocycles. The second-order valence-electron chi connectivity index (χ2n) is 8.87. The lowest BCUT2D eigenvalue weighted by atomic mass is 9.45. The molecule has 2 aliphatic heterocycles. The highest BCUT2D eigenvalue weighted by Gasteiger charge is 2.66. The molecule has 2 heterocycles. The summed E-state index contributed by atoms with van der Waals surface area (Å²) in [7, 11) is 0. The van der Waals surface area contributed by atoms with E-state index in [-0.39, 0.29) is 29.1 Å². The van der Waals surface area contributed by atoms with Gasteiger partial charge >= 0.3 is 0 Å². The number of ketones is 1. The number of Topliss-reactive ketones (excluding diaryl/α,β-unsaturated/α-hetero) is 1. The number of hydrogen-bond donors (Lipinski definition) is 1. The molecule has 4 fully saturated rings. The van der Waals surface area contributed by atoms with Crippen LogP contribution in [-0.4, -0.2) is 29.2 Å². The van der Waals surface area contributed by atoms with Gasteiger partial charge in [0, 0.05) is 23.7 Å². The zero-order valence-corrected chi connectivity index (χ0v) is 13.5. The summed E-state index contributed by atoms with van der Waals surface area (Å²) in [6.45, 7) is 4.59. The first kappa shape index (κ1) is 13.7. The van der Waals surface area contributed by atoms with Crippen LogP contribution in [0.4, 0.5) is 0 Å². The normalized spacial score (nSPS) is 59.0.